The van der Waals surface area contributed by atoms with Crippen LogP contribution < -0.4 is 0 Å². The largest absolute Gasteiger partial charge is 0.477 e. The zero-order valence-electron chi connectivity index (χ0n) is 12.1. The van der Waals surface area contributed by atoms with Gasteiger partial charge in [0, 0.05) is 6.92 Å². The van der Waals surface area contributed by atoms with Crippen molar-refractivity contribution < 1.29 is 52.0 Å². The van der Waals surface area contributed by atoms with Crippen LogP contribution >= 0.6 is 0 Å². The average molecular weight is 350 g/mol. The number of carbonyl (C=O) groups excluding carboxylic acids is 3. The van der Waals surface area contributed by atoms with E-state index in [-0.39, 0.29) is 0 Å². The summed E-state index contributed by atoms with van der Waals surface area (Å²) in [7, 11) is 0. The van der Waals surface area contributed by atoms with Crippen molar-refractivity contribution >= 4 is 23.9 Å². The molecule has 6 atom stereocenters. The van der Waals surface area contributed by atoms with Gasteiger partial charge < -0.3 is 24.1 Å². The van der Waals surface area contributed by atoms with E-state index in [9.17, 15) is 28.0 Å². The van der Waals surface area contributed by atoms with E-state index in [1.165, 1.54) is 0 Å². The molecule has 0 aromatic rings. The molecule has 3 aliphatic heterocycles. The average Bonchev–Trinajstić information content (AvgIpc) is 3.07. The number of fused-ring (bicyclic) bond motifs is 1. The van der Waals surface area contributed by atoms with Crippen molar-refractivity contribution in [2.45, 2.75) is 37.3 Å². The number of carboxylic acids is 1. The third-order valence-electron chi connectivity index (χ3n) is 4.19. The minimum Gasteiger partial charge on any atom is -0.477 e. The maximum absolute atomic E-state index is 13.0. The normalized spacial score (nSPS) is 36.4. The van der Waals surface area contributed by atoms with Gasteiger partial charge in [0.05, 0.1) is 0 Å². The lowest BCUT2D eigenvalue weighted by Gasteiger charge is -2.27. The summed E-state index contributed by atoms with van der Waals surface area (Å²) in [5, 5.41) is 8.32. The van der Waals surface area contributed by atoms with Crippen LogP contribution in [-0.4, -0.2) is 65.9 Å². The molecule has 11 heteroatoms. The summed E-state index contributed by atoms with van der Waals surface area (Å²) in [6.45, 7) is -0.570. The lowest BCUT2D eigenvalue weighted by molar-refractivity contribution is -0.181. The highest BCUT2D eigenvalue weighted by Crippen LogP contribution is 2.51. The topological polar surface area (TPSA) is 125 Å². The third-order valence-corrected chi connectivity index (χ3v) is 4.19. The maximum Gasteiger partial charge on any atom is 0.378 e. The zero-order valence-corrected chi connectivity index (χ0v) is 12.1. The Morgan fingerprint density at radius 3 is 2.50 bits per heavy atom. The number of halogens is 2. The lowest BCUT2D eigenvalue weighted by Crippen LogP contribution is -2.48. The van der Waals surface area contributed by atoms with Crippen LogP contribution in [0.5, 0.6) is 0 Å². The molecule has 3 saturated heterocycles. The first-order valence-corrected chi connectivity index (χ1v) is 6.94. The molecule has 3 rings (SSSR count). The fourth-order valence-electron chi connectivity index (χ4n) is 3.25. The quantitative estimate of drug-likeness (QED) is 0.497. The highest BCUT2D eigenvalue weighted by atomic mass is 19.3. The molecule has 24 heavy (non-hydrogen) atoms. The van der Waals surface area contributed by atoms with Crippen molar-refractivity contribution in [3.8, 4) is 0 Å². The summed E-state index contributed by atoms with van der Waals surface area (Å²) >= 11 is 0. The van der Waals surface area contributed by atoms with Crippen LogP contribution in [0.2, 0.25) is 0 Å². The number of ether oxygens (including phenoxy) is 4. The molecule has 0 aliphatic carbocycles. The van der Waals surface area contributed by atoms with Crippen LogP contribution in [0.25, 0.3) is 0 Å². The van der Waals surface area contributed by atoms with E-state index in [1.807, 2.05) is 0 Å². The third kappa shape index (κ3) is 2.39. The van der Waals surface area contributed by atoms with Gasteiger partial charge in [-0.1, -0.05) is 0 Å². The number of alkyl halides is 2. The molecule has 0 saturated carbocycles. The van der Waals surface area contributed by atoms with Gasteiger partial charge in [0.1, 0.15) is 24.0 Å². The fraction of sp³-hybridized carbons (Fsp3) is 0.692. The number of carboxylic acid groups (broad SMARTS) is 1. The highest BCUT2D eigenvalue weighted by Gasteiger charge is 2.72. The molecular formula is C13H12F2O9. The molecule has 0 aromatic heterocycles. The number of hydrogen-bond donors (Lipinski definition) is 1. The molecule has 1 N–H and O–H groups in total. The molecule has 0 amide bonds. The molecule has 3 fully saturated rings. The van der Waals surface area contributed by atoms with Crippen molar-refractivity contribution in [2.24, 2.45) is 11.8 Å². The fourth-order valence-corrected chi connectivity index (χ4v) is 3.25. The van der Waals surface area contributed by atoms with Crippen LogP contribution in [0, 0.1) is 11.8 Å². The Bertz CT molecular complexity index is 619. The smallest absolute Gasteiger partial charge is 0.378 e. The Morgan fingerprint density at radius 2 is 1.92 bits per heavy atom. The number of esters is 3. The van der Waals surface area contributed by atoms with Gasteiger partial charge in [0.25, 0.3) is 0 Å². The second kappa shape index (κ2) is 5.36. The zero-order chi connectivity index (χ0) is 17.8. The summed E-state index contributed by atoms with van der Waals surface area (Å²) in [6.07, 6.45) is -3.83. The van der Waals surface area contributed by atoms with Gasteiger partial charge in [-0.15, -0.1) is 0 Å². The maximum atomic E-state index is 13.0. The van der Waals surface area contributed by atoms with Crippen LogP contribution in [0.1, 0.15) is 6.92 Å². The Hall–Kier alpha value is -2.30. The molecule has 132 valence electrons. The van der Waals surface area contributed by atoms with E-state index < -0.39 is 72.7 Å². The first-order chi connectivity index (χ1) is 11.1. The van der Waals surface area contributed by atoms with Gasteiger partial charge in [-0.2, -0.15) is 8.78 Å². The highest BCUT2D eigenvalue weighted by molar-refractivity contribution is 5.87. The van der Waals surface area contributed by atoms with Crippen molar-refractivity contribution in [3.05, 3.63) is 0 Å². The van der Waals surface area contributed by atoms with Gasteiger partial charge in [-0.05, 0) is 0 Å². The summed E-state index contributed by atoms with van der Waals surface area (Å²) < 4.78 is 45.9. The summed E-state index contributed by atoms with van der Waals surface area (Å²) in [5.41, 5.74) is 0. The Morgan fingerprint density at radius 1 is 1.25 bits per heavy atom. The van der Waals surface area contributed by atoms with E-state index in [4.69, 9.17) is 19.3 Å². The van der Waals surface area contributed by atoms with E-state index in [1.54, 1.807) is 0 Å². The van der Waals surface area contributed by atoms with E-state index in [0.29, 0.717) is 0 Å². The molecule has 0 radical (unpaired) electrons. The molecular weight excluding hydrogens is 338 g/mol. The molecule has 0 aromatic carbocycles. The molecule has 3 aliphatic rings. The second-order valence-electron chi connectivity index (χ2n) is 5.71. The SMILES string of the molecule is CC(=O)OC1C2OC(=O)C3C2OC1C3C(=O)OCC(F)(F)C(=O)O. The minimum absolute atomic E-state index is 0.694. The standard InChI is InChI=1S/C13H12F2O9/c1-3(16)22-8-6-4(5-7(23-6)9(8)24-11(5)18)10(17)21-2-13(14,15)12(19)20/h4-9H,2H2,1H3,(H,19,20). The summed E-state index contributed by atoms with van der Waals surface area (Å²) in [4.78, 5) is 45.4. The van der Waals surface area contributed by atoms with E-state index in [2.05, 4.69) is 4.74 Å². The predicted octanol–water partition coefficient (Wildman–Crippen LogP) is -0.880. The number of hydrogen-bond acceptors (Lipinski definition) is 8. The van der Waals surface area contributed by atoms with Crippen LogP contribution in [0.15, 0.2) is 0 Å². The van der Waals surface area contributed by atoms with Crippen molar-refractivity contribution in [3.63, 3.8) is 0 Å². The molecule has 0 spiro atoms. The van der Waals surface area contributed by atoms with Crippen LogP contribution in [0.3, 0.4) is 0 Å². The number of rotatable bonds is 5. The van der Waals surface area contributed by atoms with Gasteiger partial charge in [0.2, 0.25) is 0 Å². The number of carbonyl (C=O) groups is 4. The molecule has 2 bridgehead atoms. The van der Waals surface area contributed by atoms with Crippen LogP contribution in [-0.2, 0) is 38.1 Å². The van der Waals surface area contributed by atoms with Crippen molar-refractivity contribution in [1.29, 1.82) is 0 Å². The van der Waals surface area contributed by atoms with Gasteiger partial charge in [0.15, 0.2) is 18.8 Å². The molecule has 6 unspecified atom stereocenters. The Balaban J connectivity index is 1.75. The van der Waals surface area contributed by atoms with Gasteiger partial charge >= 0.3 is 29.8 Å². The van der Waals surface area contributed by atoms with Crippen molar-refractivity contribution in [2.75, 3.05) is 6.61 Å². The van der Waals surface area contributed by atoms with Crippen LogP contribution in [0.4, 0.5) is 8.78 Å². The monoisotopic (exact) mass is 350 g/mol. The molecule has 3 heterocycles. The summed E-state index contributed by atoms with van der Waals surface area (Å²) in [5.74, 6) is -11.8. The number of aliphatic carboxylic acids is 1. The first kappa shape index (κ1) is 16.6. The second-order valence-corrected chi connectivity index (χ2v) is 5.71. The van der Waals surface area contributed by atoms with E-state index in [0.717, 1.165) is 6.92 Å². The van der Waals surface area contributed by atoms with E-state index >= 15 is 0 Å². The lowest BCUT2D eigenvalue weighted by atomic mass is 9.78. The predicted molar refractivity (Wildman–Crippen MR) is 64.6 cm³/mol. The Kier molecular flexibility index (Phi) is 3.70. The minimum atomic E-state index is -4.26. The van der Waals surface area contributed by atoms with Gasteiger partial charge in [-0.3, -0.25) is 14.4 Å². The van der Waals surface area contributed by atoms with Crippen molar-refractivity contribution in [1.82, 2.24) is 0 Å². The first-order valence-electron chi connectivity index (χ1n) is 6.94. The Labute approximate surface area is 132 Å². The summed E-state index contributed by atoms with van der Waals surface area (Å²) in [6, 6.07) is 0. The molecule has 9 nitrogen and oxygen atoms in total. The van der Waals surface area contributed by atoms with Gasteiger partial charge in [-0.25, -0.2) is 4.79 Å².